The fraction of sp³-hybridized carbons (Fsp3) is 0. The molecule has 0 atom stereocenters. The van der Waals surface area contributed by atoms with Crippen LogP contribution in [-0.2, 0) is 4.57 Å². The molecule has 1 aromatic rings. The van der Waals surface area contributed by atoms with Crippen LogP contribution in [0.25, 0.3) is 0 Å². The summed E-state index contributed by atoms with van der Waals surface area (Å²) in [6.07, 6.45) is 0. The van der Waals surface area contributed by atoms with E-state index in [2.05, 4.69) is 5.32 Å². The second-order valence-corrected chi connectivity index (χ2v) is 4.18. The van der Waals surface area contributed by atoms with Crippen LogP contribution >= 0.6 is 7.60 Å². The first-order chi connectivity index (χ1) is 6.39. The summed E-state index contributed by atoms with van der Waals surface area (Å²) in [6.45, 7) is 0. The van der Waals surface area contributed by atoms with Gasteiger partial charge in [0.2, 0.25) is 0 Å². The minimum atomic E-state index is -4.22. The van der Waals surface area contributed by atoms with Gasteiger partial charge in [-0.1, -0.05) is 0 Å². The number of nitrogens with one attached hydrogen (secondary N) is 1. The molecule has 0 bridgehead atoms. The molecule has 0 aliphatic rings. The number of anilines is 1. The van der Waals surface area contributed by atoms with Crippen molar-refractivity contribution in [1.82, 2.24) is 0 Å². The fourth-order valence-corrected chi connectivity index (χ4v) is 1.42. The first kappa shape index (κ1) is 14.6. The Morgan fingerprint density at radius 1 is 1.27 bits per heavy atom. The molecular formula is C7H9N2NaO4P+. The van der Waals surface area contributed by atoms with Gasteiger partial charge in [0.15, 0.2) is 0 Å². The quantitative estimate of drug-likeness (QED) is 0.325. The van der Waals surface area contributed by atoms with Gasteiger partial charge in [0.05, 0.1) is 5.30 Å². The molecule has 0 heterocycles. The molecule has 0 aromatic heterocycles. The Kier molecular flexibility index (Phi) is 5.51. The van der Waals surface area contributed by atoms with Gasteiger partial charge in [-0.3, -0.25) is 4.57 Å². The van der Waals surface area contributed by atoms with Crippen LogP contribution in [0.15, 0.2) is 24.3 Å². The molecule has 2 amide bonds. The van der Waals surface area contributed by atoms with Crippen molar-refractivity contribution in [3.05, 3.63) is 24.3 Å². The average Bonchev–Trinajstić information content (AvgIpc) is 2.02. The monoisotopic (exact) mass is 239 g/mol. The molecule has 0 radical (unpaired) electrons. The molecule has 76 valence electrons. The maximum absolute atomic E-state index is 10.7. The molecule has 0 fully saturated rings. The summed E-state index contributed by atoms with van der Waals surface area (Å²) in [5, 5.41) is 2.17. The number of amides is 2. The first-order valence-corrected chi connectivity index (χ1v) is 5.23. The van der Waals surface area contributed by atoms with Crippen molar-refractivity contribution in [3.8, 4) is 0 Å². The van der Waals surface area contributed by atoms with E-state index in [9.17, 15) is 9.36 Å². The molecular weight excluding hydrogens is 230 g/mol. The minimum absolute atomic E-state index is 0. The Labute approximate surface area is 108 Å². The number of carbonyl (C=O) groups excluding carboxylic acids is 1. The summed E-state index contributed by atoms with van der Waals surface area (Å²) in [7, 11) is -4.22. The van der Waals surface area contributed by atoms with Crippen molar-refractivity contribution in [2.45, 2.75) is 0 Å². The molecule has 15 heavy (non-hydrogen) atoms. The van der Waals surface area contributed by atoms with E-state index in [4.69, 9.17) is 15.5 Å². The molecule has 0 aliphatic heterocycles. The molecule has 0 saturated heterocycles. The summed E-state index contributed by atoms with van der Waals surface area (Å²) >= 11 is 0. The van der Waals surface area contributed by atoms with Crippen molar-refractivity contribution in [2.75, 3.05) is 5.32 Å². The Morgan fingerprint density at radius 3 is 2.07 bits per heavy atom. The maximum atomic E-state index is 10.7. The number of benzene rings is 1. The third kappa shape index (κ3) is 4.79. The van der Waals surface area contributed by atoms with E-state index >= 15 is 0 Å². The molecule has 0 aliphatic carbocycles. The van der Waals surface area contributed by atoms with Gasteiger partial charge in [-0.2, -0.15) is 0 Å². The van der Waals surface area contributed by atoms with E-state index in [0.717, 1.165) is 0 Å². The Bertz CT molecular complexity index is 388. The summed E-state index contributed by atoms with van der Waals surface area (Å²) in [5.41, 5.74) is 5.23. The Hall–Kier alpha value is -0.360. The third-order valence-electron chi connectivity index (χ3n) is 1.47. The van der Waals surface area contributed by atoms with E-state index in [1.807, 2.05) is 0 Å². The minimum Gasteiger partial charge on any atom is -0.351 e. The van der Waals surface area contributed by atoms with E-state index in [-0.39, 0.29) is 34.9 Å². The van der Waals surface area contributed by atoms with Gasteiger partial charge in [-0.25, -0.2) is 4.79 Å². The van der Waals surface area contributed by atoms with Gasteiger partial charge >= 0.3 is 43.2 Å². The van der Waals surface area contributed by atoms with Crippen LogP contribution in [0.2, 0.25) is 0 Å². The molecule has 1 aromatic carbocycles. The average molecular weight is 239 g/mol. The number of hydrogen-bond donors (Lipinski definition) is 4. The number of primary amides is 1. The van der Waals surface area contributed by atoms with E-state index in [0.29, 0.717) is 5.69 Å². The van der Waals surface area contributed by atoms with Gasteiger partial charge in [0.25, 0.3) is 0 Å². The summed E-state index contributed by atoms with van der Waals surface area (Å²) in [5.74, 6) is 0. The third-order valence-corrected chi connectivity index (χ3v) is 2.44. The largest absolute Gasteiger partial charge is 1.00 e. The molecule has 0 spiro atoms. The van der Waals surface area contributed by atoms with Crippen molar-refractivity contribution in [3.63, 3.8) is 0 Å². The second kappa shape index (κ2) is 5.65. The van der Waals surface area contributed by atoms with Gasteiger partial charge in [0.1, 0.15) is 0 Å². The van der Waals surface area contributed by atoms with Crippen molar-refractivity contribution >= 4 is 24.6 Å². The summed E-state index contributed by atoms with van der Waals surface area (Å²) < 4.78 is 10.7. The van der Waals surface area contributed by atoms with Crippen LogP contribution in [0.1, 0.15) is 0 Å². The van der Waals surface area contributed by atoms with E-state index < -0.39 is 13.6 Å². The SMILES string of the molecule is NC(=O)Nc1ccc(P(=O)(O)O)cc1.[Na+]. The standard InChI is InChI=1S/C7H9N2O4P.Na/c8-7(10)9-5-1-3-6(4-2-5)14(11,12)13;/h1-4H,(H3,8,9,10)(H2,11,12,13);/q;+1. The molecule has 0 saturated carbocycles. The maximum Gasteiger partial charge on any atom is 1.00 e. The molecule has 0 unspecified atom stereocenters. The van der Waals surface area contributed by atoms with Gasteiger partial charge in [-0.15, -0.1) is 0 Å². The van der Waals surface area contributed by atoms with Gasteiger partial charge < -0.3 is 20.8 Å². The van der Waals surface area contributed by atoms with Crippen LogP contribution in [0.3, 0.4) is 0 Å². The molecule has 6 nitrogen and oxygen atoms in total. The second-order valence-electron chi connectivity index (χ2n) is 2.58. The number of carbonyl (C=O) groups is 1. The fourth-order valence-electron chi connectivity index (χ4n) is 0.881. The number of nitrogens with two attached hydrogens (primary N) is 1. The molecule has 5 N–H and O–H groups in total. The zero-order valence-electron chi connectivity index (χ0n) is 8.04. The van der Waals surface area contributed by atoms with Crippen LogP contribution in [-0.4, -0.2) is 15.8 Å². The van der Waals surface area contributed by atoms with Crippen LogP contribution in [0.5, 0.6) is 0 Å². The van der Waals surface area contributed by atoms with Gasteiger partial charge in [0, 0.05) is 5.69 Å². The predicted molar refractivity (Wildman–Crippen MR) is 51.3 cm³/mol. The smallest absolute Gasteiger partial charge is 0.351 e. The Balaban J connectivity index is 0.00000196. The predicted octanol–water partition coefficient (Wildman–Crippen LogP) is -3.02. The van der Waals surface area contributed by atoms with Crippen molar-refractivity contribution in [1.29, 1.82) is 0 Å². The van der Waals surface area contributed by atoms with Crippen LogP contribution in [0.4, 0.5) is 10.5 Å². The number of hydrogen-bond acceptors (Lipinski definition) is 2. The van der Waals surface area contributed by atoms with Crippen molar-refractivity contribution in [2.24, 2.45) is 5.73 Å². The number of rotatable bonds is 2. The summed E-state index contributed by atoms with van der Waals surface area (Å²) in [4.78, 5) is 27.9. The zero-order chi connectivity index (χ0) is 10.8. The van der Waals surface area contributed by atoms with Gasteiger partial charge in [-0.05, 0) is 24.3 Å². The molecule has 8 heteroatoms. The Morgan fingerprint density at radius 2 is 1.73 bits per heavy atom. The van der Waals surface area contributed by atoms with Crippen molar-refractivity contribution < 1.29 is 48.7 Å². The topological polar surface area (TPSA) is 113 Å². The van der Waals surface area contributed by atoms with E-state index in [1.54, 1.807) is 0 Å². The normalized spacial score (nSPS) is 10.3. The van der Waals surface area contributed by atoms with Crippen LogP contribution < -0.4 is 45.9 Å². The molecule has 1 rings (SSSR count). The zero-order valence-corrected chi connectivity index (χ0v) is 10.9. The summed E-state index contributed by atoms with van der Waals surface area (Å²) in [6, 6.07) is 4.45. The first-order valence-electron chi connectivity index (χ1n) is 3.62. The number of urea groups is 1. The van der Waals surface area contributed by atoms with Crippen LogP contribution in [0, 0.1) is 0 Å². The van der Waals surface area contributed by atoms with E-state index in [1.165, 1.54) is 24.3 Å².